The number of hydrogen-bond donors (Lipinski definition) is 0. The van der Waals surface area contributed by atoms with Crippen LogP contribution in [0.25, 0.3) is 5.78 Å². The van der Waals surface area contributed by atoms with Gasteiger partial charge in [0.15, 0.2) is 5.78 Å². The fourth-order valence-corrected chi connectivity index (χ4v) is 3.70. The van der Waals surface area contributed by atoms with Crippen LogP contribution in [0.1, 0.15) is 40.9 Å². The second-order valence-corrected chi connectivity index (χ2v) is 7.42. The van der Waals surface area contributed by atoms with Gasteiger partial charge in [-0.25, -0.2) is 9.50 Å². The summed E-state index contributed by atoms with van der Waals surface area (Å²) in [6, 6.07) is 7.69. The van der Waals surface area contributed by atoms with Crippen LogP contribution in [0.5, 0.6) is 0 Å². The molecule has 5 nitrogen and oxygen atoms in total. The van der Waals surface area contributed by atoms with E-state index < -0.39 is 0 Å². The highest BCUT2D eigenvalue weighted by atomic mass is 35.5. The van der Waals surface area contributed by atoms with Crippen molar-refractivity contribution in [1.82, 2.24) is 19.6 Å². The fourth-order valence-electron chi connectivity index (χ4n) is 3.03. The third kappa shape index (κ3) is 2.80. The molecule has 0 aliphatic heterocycles. The lowest BCUT2D eigenvalue weighted by Gasteiger charge is -2.23. The molecule has 0 radical (unpaired) electrons. The molecule has 0 amide bonds. The minimum Gasteiger partial charge on any atom is -0.294 e. The van der Waals surface area contributed by atoms with Crippen LogP contribution in [0.15, 0.2) is 35.6 Å². The Morgan fingerprint density at radius 2 is 2.04 bits per heavy atom. The Labute approximate surface area is 148 Å². The van der Waals surface area contributed by atoms with E-state index in [1.165, 1.54) is 0 Å². The van der Waals surface area contributed by atoms with Crippen LogP contribution >= 0.6 is 23.4 Å². The van der Waals surface area contributed by atoms with Gasteiger partial charge in [-0.15, -0.1) is 5.10 Å². The summed E-state index contributed by atoms with van der Waals surface area (Å²) in [5.41, 5.74) is 2.58. The lowest BCUT2D eigenvalue weighted by Crippen LogP contribution is -2.21. The Kier molecular flexibility index (Phi) is 4.02. The Morgan fingerprint density at radius 3 is 2.79 bits per heavy atom. The minimum absolute atomic E-state index is 0.103. The van der Waals surface area contributed by atoms with E-state index in [-0.39, 0.29) is 11.7 Å². The first-order chi connectivity index (χ1) is 11.6. The molecular formula is C17H15ClN4OS. The molecule has 1 atom stereocenters. The zero-order valence-electron chi connectivity index (χ0n) is 13.1. The number of carbonyl (C=O) groups is 1. The predicted octanol–water partition coefficient (Wildman–Crippen LogP) is 3.80. The van der Waals surface area contributed by atoms with Crippen molar-refractivity contribution in [3.05, 3.63) is 52.3 Å². The number of Topliss-reactive ketones (excluding diaryl/α,β-unsaturated/α-hetero) is 1. The molecule has 0 unspecified atom stereocenters. The van der Waals surface area contributed by atoms with Crippen LogP contribution in [0.3, 0.4) is 0 Å². The zero-order chi connectivity index (χ0) is 16.7. The quantitative estimate of drug-likeness (QED) is 0.666. The first-order valence-corrected chi connectivity index (χ1v) is 9.18. The molecule has 0 saturated carbocycles. The second-order valence-electron chi connectivity index (χ2n) is 5.75. The summed E-state index contributed by atoms with van der Waals surface area (Å²) in [5.74, 6) is 1.68. The van der Waals surface area contributed by atoms with Crippen LogP contribution in [-0.2, 0) is 6.42 Å². The normalized spacial score (nSPS) is 17.2. The largest absolute Gasteiger partial charge is 0.294 e. The lowest BCUT2D eigenvalue weighted by atomic mass is 9.82. The van der Waals surface area contributed by atoms with E-state index in [1.807, 2.05) is 24.3 Å². The van der Waals surface area contributed by atoms with E-state index in [2.05, 4.69) is 22.0 Å². The number of ketones is 1. The standard InChI is InChI=1S/C17H15ClN4OS/c1-2-24-17-20-16-19-14-7-11(10-3-5-12(18)6-4-10)8-15(23)13(14)9-22(16)21-17/h3-6,9,11H,2,7-8H2,1H3/t11-/m1/s1. The van der Waals surface area contributed by atoms with Crippen molar-refractivity contribution in [2.45, 2.75) is 30.8 Å². The number of aromatic nitrogens is 4. The number of carbonyl (C=O) groups excluding carboxylic acids is 1. The number of fused-ring (bicyclic) bond motifs is 2. The van der Waals surface area contributed by atoms with E-state index in [1.54, 1.807) is 22.5 Å². The van der Waals surface area contributed by atoms with Crippen LogP contribution in [-0.4, -0.2) is 31.1 Å². The van der Waals surface area contributed by atoms with Crippen LogP contribution in [0, 0.1) is 0 Å². The Hall–Kier alpha value is -1.92. The van der Waals surface area contributed by atoms with Gasteiger partial charge in [0.05, 0.1) is 11.3 Å². The van der Waals surface area contributed by atoms with Crippen molar-refractivity contribution in [3.63, 3.8) is 0 Å². The van der Waals surface area contributed by atoms with Crippen molar-refractivity contribution < 1.29 is 4.79 Å². The average molecular weight is 359 g/mol. The number of nitrogens with zero attached hydrogens (tertiary/aromatic N) is 4. The molecule has 0 N–H and O–H groups in total. The van der Waals surface area contributed by atoms with Gasteiger partial charge in [0.25, 0.3) is 5.78 Å². The lowest BCUT2D eigenvalue weighted by molar-refractivity contribution is 0.0962. The maximum atomic E-state index is 12.6. The van der Waals surface area contributed by atoms with Crippen molar-refractivity contribution in [2.24, 2.45) is 0 Å². The first kappa shape index (κ1) is 15.6. The third-order valence-electron chi connectivity index (χ3n) is 4.18. The average Bonchev–Trinajstić information content (AvgIpc) is 2.95. The zero-order valence-corrected chi connectivity index (χ0v) is 14.6. The molecule has 4 rings (SSSR count). The summed E-state index contributed by atoms with van der Waals surface area (Å²) in [6.07, 6.45) is 2.97. The van der Waals surface area contributed by atoms with Crippen molar-refractivity contribution in [2.75, 3.05) is 5.75 Å². The topological polar surface area (TPSA) is 60.1 Å². The van der Waals surface area contributed by atoms with Gasteiger partial charge in [-0.1, -0.05) is 42.4 Å². The number of benzene rings is 1. The molecule has 7 heteroatoms. The summed E-state index contributed by atoms with van der Waals surface area (Å²) in [4.78, 5) is 21.6. The summed E-state index contributed by atoms with van der Waals surface area (Å²) < 4.78 is 1.61. The fraction of sp³-hybridized carbons (Fsp3) is 0.294. The predicted molar refractivity (Wildman–Crippen MR) is 94.0 cm³/mol. The molecule has 3 aromatic rings. The van der Waals surface area contributed by atoms with E-state index in [0.717, 1.165) is 23.4 Å². The Balaban J connectivity index is 1.72. The number of hydrogen-bond acceptors (Lipinski definition) is 5. The van der Waals surface area contributed by atoms with Crippen LogP contribution in [0.4, 0.5) is 0 Å². The summed E-state index contributed by atoms with van der Waals surface area (Å²) in [5, 5.41) is 5.76. The molecule has 2 aromatic heterocycles. The maximum absolute atomic E-state index is 12.6. The molecule has 0 fully saturated rings. The Bertz CT molecular complexity index is 922. The van der Waals surface area contributed by atoms with Crippen molar-refractivity contribution >= 4 is 34.9 Å². The van der Waals surface area contributed by atoms with E-state index in [0.29, 0.717) is 27.9 Å². The highest BCUT2D eigenvalue weighted by Crippen LogP contribution is 2.32. The first-order valence-electron chi connectivity index (χ1n) is 7.82. The highest BCUT2D eigenvalue weighted by molar-refractivity contribution is 7.99. The number of halogens is 1. The Morgan fingerprint density at radius 1 is 1.25 bits per heavy atom. The summed E-state index contributed by atoms with van der Waals surface area (Å²) in [6.45, 7) is 2.05. The third-order valence-corrected chi connectivity index (χ3v) is 5.15. The van der Waals surface area contributed by atoms with Gasteiger partial charge >= 0.3 is 0 Å². The van der Waals surface area contributed by atoms with Gasteiger partial charge in [-0.05, 0) is 35.8 Å². The molecule has 1 aromatic carbocycles. The molecule has 0 bridgehead atoms. The van der Waals surface area contributed by atoms with E-state index in [9.17, 15) is 4.79 Å². The highest BCUT2D eigenvalue weighted by Gasteiger charge is 2.28. The van der Waals surface area contributed by atoms with E-state index in [4.69, 9.17) is 11.6 Å². The van der Waals surface area contributed by atoms with Gasteiger partial charge in [0.2, 0.25) is 5.16 Å². The molecule has 2 heterocycles. The molecule has 0 saturated heterocycles. The van der Waals surface area contributed by atoms with Crippen LogP contribution in [0.2, 0.25) is 5.02 Å². The summed E-state index contributed by atoms with van der Waals surface area (Å²) >= 11 is 7.52. The minimum atomic E-state index is 0.103. The number of thioether (sulfide) groups is 1. The molecule has 24 heavy (non-hydrogen) atoms. The molecule has 122 valence electrons. The van der Waals surface area contributed by atoms with Crippen molar-refractivity contribution in [3.8, 4) is 0 Å². The summed E-state index contributed by atoms with van der Waals surface area (Å²) in [7, 11) is 0. The van der Waals surface area contributed by atoms with Gasteiger partial charge in [0.1, 0.15) is 0 Å². The van der Waals surface area contributed by atoms with Gasteiger partial charge in [-0.2, -0.15) is 4.98 Å². The smallest absolute Gasteiger partial charge is 0.253 e. The van der Waals surface area contributed by atoms with Gasteiger partial charge < -0.3 is 0 Å². The molecule has 1 aliphatic carbocycles. The number of rotatable bonds is 3. The van der Waals surface area contributed by atoms with E-state index >= 15 is 0 Å². The molecule has 1 aliphatic rings. The van der Waals surface area contributed by atoms with Crippen molar-refractivity contribution in [1.29, 1.82) is 0 Å². The monoisotopic (exact) mass is 358 g/mol. The maximum Gasteiger partial charge on any atom is 0.253 e. The van der Waals surface area contributed by atoms with Gasteiger partial charge in [0, 0.05) is 17.6 Å². The van der Waals surface area contributed by atoms with Gasteiger partial charge in [-0.3, -0.25) is 4.79 Å². The SMILES string of the molecule is CCSc1nc2nc3c(cn2n1)C(=O)C[C@H](c1ccc(Cl)cc1)C3. The molecule has 0 spiro atoms. The second kappa shape index (κ2) is 6.18. The van der Waals surface area contributed by atoms with Crippen LogP contribution < -0.4 is 0 Å². The molecular weight excluding hydrogens is 344 g/mol.